The molecule has 1 aliphatic rings. The highest BCUT2D eigenvalue weighted by atomic mass is 16.4. The van der Waals surface area contributed by atoms with Gasteiger partial charge < -0.3 is 8.83 Å². The van der Waals surface area contributed by atoms with Crippen molar-refractivity contribution in [2.75, 3.05) is 0 Å². The molecule has 164 valence electrons. The van der Waals surface area contributed by atoms with E-state index >= 15 is 0 Å². The molecule has 0 saturated carbocycles. The Morgan fingerprint density at radius 2 is 1.75 bits per heavy atom. The van der Waals surface area contributed by atoms with Crippen molar-refractivity contribution in [3.8, 4) is 0 Å². The fourth-order valence-corrected chi connectivity index (χ4v) is 3.54. The third-order valence-electron chi connectivity index (χ3n) is 5.16. The zero-order valence-corrected chi connectivity index (χ0v) is 17.5. The van der Waals surface area contributed by atoms with Gasteiger partial charge in [0.1, 0.15) is 11.5 Å². The normalized spacial score (nSPS) is 14.0. The highest BCUT2D eigenvalue weighted by Crippen LogP contribution is 2.29. The van der Waals surface area contributed by atoms with E-state index in [0.29, 0.717) is 52.3 Å². The van der Waals surface area contributed by atoms with E-state index in [-0.39, 0.29) is 11.7 Å². The van der Waals surface area contributed by atoms with Crippen LogP contribution in [0, 0.1) is 13.8 Å². The summed E-state index contributed by atoms with van der Waals surface area (Å²) in [5, 5.41) is 4.28. The maximum Gasteiger partial charge on any atom is 0.305 e. The fraction of sp³-hybridized carbons (Fsp3) is 0.227. The molecule has 0 saturated heterocycles. The van der Waals surface area contributed by atoms with Crippen molar-refractivity contribution in [2.45, 2.75) is 33.1 Å². The van der Waals surface area contributed by atoms with Crippen molar-refractivity contribution >= 4 is 23.4 Å². The number of hydrazone groups is 1. The van der Waals surface area contributed by atoms with Gasteiger partial charge in [0.05, 0.1) is 17.5 Å². The second-order valence-corrected chi connectivity index (χ2v) is 7.24. The smallest absolute Gasteiger partial charge is 0.305 e. The Morgan fingerprint density at radius 3 is 2.47 bits per heavy atom. The molecule has 3 amide bonds. The van der Waals surface area contributed by atoms with E-state index in [9.17, 15) is 14.4 Å². The standard InChI is InChI=1S/C22H21N5O5/c1-12-18-16(24-26-21(29)15-8-11-31-13(15)2)4-3-5-17(18)32-19(12)22(30)27-25-20(28)14-6-9-23-10-7-14/h6-11H,3-5H2,1-2H3,(H,25,28)(H,26,29)(H,27,30)/b24-16+. The summed E-state index contributed by atoms with van der Waals surface area (Å²) in [5.74, 6) is -0.248. The summed E-state index contributed by atoms with van der Waals surface area (Å²) < 4.78 is 10.9. The van der Waals surface area contributed by atoms with Crippen molar-refractivity contribution in [1.29, 1.82) is 0 Å². The molecular weight excluding hydrogens is 414 g/mol. The van der Waals surface area contributed by atoms with E-state index < -0.39 is 11.8 Å². The zero-order chi connectivity index (χ0) is 22.7. The van der Waals surface area contributed by atoms with Gasteiger partial charge in [-0.3, -0.25) is 30.2 Å². The third kappa shape index (κ3) is 4.15. The van der Waals surface area contributed by atoms with Crippen LogP contribution < -0.4 is 16.3 Å². The number of pyridine rings is 1. The zero-order valence-electron chi connectivity index (χ0n) is 17.5. The number of hydrogen-bond acceptors (Lipinski definition) is 7. The first kappa shape index (κ1) is 21.0. The van der Waals surface area contributed by atoms with Crippen molar-refractivity contribution in [3.05, 3.63) is 76.4 Å². The van der Waals surface area contributed by atoms with Crippen LogP contribution in [0.25, 0.3) is 0 Å². The van der Waals surface area contributed by atoms with Gasteiger partial charge in [0.25, 0.3) is 11.8 Å². The number of carbonyl (C=O) groups excluding carboxylic acids is 3. The molecule has 3 aromatic heterocycles. The molecule has 0 atom stereocenters. The predicted octanol–water partition coefficient (Wildman–Crippen LogP) is 2.43. The molecular formula is C22H21N5O5. The van der Waals surface area contributed by atoms with Crippen LogP contribution >= 0.6 is 0 Å². The lowest BCUT2D eigenvalue weighted by molar-refractivity contribution is 0.0829. The molecule has 0 aliphatic heterocycles. The largest absolute Gasteiger partial charge is 0.469 e. The van der Waals surface area contributed by atoms with Crippen LogP contribution in [0.2, 0.25) is 0 Å². The Morgan fingerprint density at radius 1 is 1.00 bits per heavy atom. The van der Waals surface area contributed by atoms with Gasteiger partial charge in [0.15, 0.2) is 5.76 Å². The topological polar surface area (TPSA) is 139 Å². The first-order chi connectivity index (χ1) is 15.5. The summed E-state index contributed by atoms with van der Waals surface area (Å²) >= 11 is 0. The molecule has 0 unspecified atom stereocenters. The van der Waals surface area contributed by atoms with Crippen molar-refractivity contribution in [3.63, 3.8) is 0 Å². The Balaban J connectivity index is 1.49. The lowest BCUT2D eigenvalue weighted by Gasteiger charge is -2.13. The first-order valence-electron chi connectivity index (χ1n) is 10.00. The van der Waals surface area contributed by atoms with E-state index in [1.807, 2.05) is 0 Å². The van der Waals surface area contributed by atoms with Crippen LogP contribution in [0.15, 0.2) is 50.8 Å². The second-order valence-electron chi connectivity index (χ2n) is 7.24. The summed E-state index contributed by atoms with van der Waals surface area (Å²) in [6.45, 7) is 3.43. The van der Waals surface area contributed by atoms with Gasteiger partial charge in [-0.05, 0) is 44.9 Å². The number of furan rings is 2. The molecule has 1 aliphatic carbocycles. The highest BCUT2D eigenvalue weighted by molar-refractivity contribution is 6.07. The van der Waals surface area contributed by atoms with Crippen LogP contribution in [-0.4, -0.2) is 28.4 Å². The molecule has 0 radical (unpaired) electrons. The van der Waals surface area contributed by atoms with Crippen LogP contribution in [0.5, 0.6) is 0 Å². The van der Waals surface area contributed by atoms with Crippen LogP contribution in [0.3, 0.4) is 0 Å². The summed E-state index contributed by atoms with van der Waals surface area (Å²) in [4.78, 5) is 40.9. The maximum absolute atomic E-state index is 12.6. The molecule has 0 bridgehead atoms. The van der Waals surface area contributed by atoms with Crippen molar-refractivity contribution in [1.82, 2.24) is 21.3 Å². The van der Waals surface area contributed by atoms with E-state index in [2.05, 4.69) is 26.4 Å². The van der Waals surface area contributed by atoms with Crippen LogP contribution in [-0.2, 0) is 6.42 Å². The first-order valence-corrected chi connectivity index (χ1v) is 10.00. The molecule has 3 aromatic rings. The molecule has 4 rings (SSSR count). The minimum atomic E-state index is -0.586. The molecule has 32 heavy (non-hydrogen) atoms. The molecule has 3 heterocycles. The number of fused-ring (bicyclic) bond motifs is 1. The number of hydrazine groups is 1. The third-order valence-corrected chi connectivity index (χ3v) is 5.16. The van der Waals surface area contributed by atoms with Gasteiger partial charge in [-0.25, -0.2) is 5.43 Å². The predicted molar refractivity (Wildman–Crippen MR) is 113 cm³/mol. The van der Waals surface area contributed by atoms with E-state index in [0.717, 1.165) is 6.42 Å². The number of nitrogens with zero attached hydrogens (tertiary/aromatic N) is 2. The van der Waals surface area contributed by atoms with Gasteiger partial charge in [-0.2, -0.15) is 5.10 Å². The van der Waals surface area contributed by atoms with E-state index in [1.165, 1.54) is 30.8 Å². The number of aryl methyl sites for hydroxylation is 2. The van der Waals surface area contributed by atoms with Gasteiger partial charge in [0, 0.05) is 35.5 Å². The Labute approximate surface area is 183 Å². The molecule has 0 spiro atoms. The lowest BCUT2D eigenvalue weighted by atomic mass is 9.93. The summed E-state index contributed by atoms with van der Waals surface area (Å²) in [5.41, 5.74) is 9.93. The monoisotopic (exact) mass is 435 g/mol. The number of rotatable bonds is 4. The number of carbonyl (C=O) groups is 3. The fourth-order valence-electron chi connectivity index (χ4n) is 3.54. The van der Waals surface area contributed by atoms with E-state index in [1.54, 1.807) is 19.9 Å². The Bertz CT molecular complexity index is 1210. The average molecular weight is 435 g/mol. The van der Waals surface area contributed by atoms with Crippen molar-refractivity contribution in [2.24, 2.45) is 5.10 Å². The van der Waals surface area contributed by atoms with Gasteiger partial charge in [-0.1, -0.05) is 0 Å². The Kier molecular flexibility index (Phi) is 5.84. The minimum absolute atomic E-state index is 0.0802. The number of aromatic nitrogens is 1. The minimum Gasteiger partial charge on any atom is -0.469 e. The molecule has 0 fully saturated rings. The van der Waals surface area contributed by atoms with Gasteiger partial charge >= 0.3 is 5.91 Å². The number of hydrogen-bond donors (Lipinski definition) is 3. The summed E-state index contributed by atoms with van der Waals surface area (Å²) in [7, 11) is 0. The number of nitrogens with one attached hydrogen (secondary N) is 3. The molecule has 10 nitrogen and oxygen atoms in total. The molecule has 3 N–H and O–H groups in total. The molecule has 10 heteroatoms. The quantitative estimate of drug-likeness (QED) is 0.538. The molecule has 0 aromatic carbocycles. The number of amides is 3. The van der Waals surface area contributed by atoms with Crippen LogP contribution in [0.1, 0.15) is 66.8 Å². The lowest BCUT2D eigenvalue weighted by Crippen LogP contribution is -2.41. The second kappa shape index (κ2) is 8.88. The van der Waals surface area contributed by atoms with Gasteiger partial charge in [-0.15, -0.1) is 0 Å². The van der Waals surface area contributed by atoms with Crippen LogP contribution in [0.4, 0.5) is 0 Å². The van der Waals surface area contributed by atoms with Crippen molar-refractivity contribution < 1.29 is 23.2 Å². The van der Waals surface area contributed by atoms with E-state index in [4.69, 9.17) is 8.83 Å². The SMILES string of the molecule is Cc1occc1C(=O)N/N=C1\CCCc2oc(C(=O)NNC(=O)c3ccncc3)c(C)c21. The summed E-state index contributed by atoms with van der Waals surface area (Å²) in [6, 6.07) is 4.63. The summed E-state index contributed by atoms with van der Waals surface area (Å²) in [6.07, 6.45) is 6.43. The average Bonchev–Trinajstić information content (AvgIpc) is 3.39. The van der Waals surface area contributed by atoms with Gasteiger partial charge in [0.2, 0.25) is 0 Å². The maximum atomic E-state index is 12.6. The highest BCUT2D eigenvalue weighted by Gasteiger charge is 2.28. The Hall–Kier alpha value is -4.21.